The maximum Gasteiger partial charge on any atom is 0.433 e. The minimum Gasteiger partial charge on any atom is -0.380 e. The van der Waals surface area contributed by atoms with E-state index in [2.05, 4.69) is 15.0 Å². The van der Waals surface area contributed by atoms with Gasteiger partial charge in [0, 0.05) is 63.0 Å². The normalized spacial score (nSPS) is 15.0. The standard InChI is InChI=1S/C19H19F3N2O2.C17H16F3N3O/c1-26-12-14-9-16(23-17(10-14)19(20,21)22)15-6-4-13(5-7-15)11-24-8-2-3-18(24)25;1-11-9-14(17(18,19)20)22-16(21-11)13-6-4-12(5-7-13)10-23-8-2-3-15(23)24/h4-7,9-10H,2-3,8,11-12H2,1H3;4-7,9H,2-3,8,10H2,1H3. The maximum atomic E-state index is 13.1. The van der Waals surface area contributed by atoms with Gasteiger partial charge in [-0.2, -0.15) is 26.3 Å². The van der Waals surface area contributed by atoms with Crippen molar-refractivity contribution < 1.29 is 40.7 Å². The fourth-order valence-corrected chi connectivity index (χ4v) is 5.70. The summed E-state index contributed by atoms with van der Waals surface area (Å²) in [5.41, 5.74) is 2.01. The predicted molar refractivity (Wildman–Crippen MR) is 172 cm³/mol. The molecule has 2 amide bonds. The van der Waals surface area contributed by atoms with Crippen LogP contribution in [0.3, 0.4) is 0 Å². The van der Waals surface area contributed by atoms with E-state index in [1.54, 1.807) is 52.3 Å². The van der Waals surface area contributed by atoms with Gasteiger partial charge in [-0.1, -0.05) is 48.5 Å². The quantitative estimate of drug-likeness (QED) is 0.176. The summed E-state index contributed by atoms with van der Waals surface area (Å²) in [6, 6.07) is 17.6. The molecule has 14 heteroatoms. The number of ether oxygens (including phenoxy) is 1. The van der Waals surface area contributed by atoms with Gasteiger partial charge in [-0.05, 0) is 54.7 Å². The van der Waals surface area contributed by atoms with Crippen LogP contribution in [0.4, 0.5) is 26.3 Å². The highest BCUT2D eigenvalue weighted by atomic mass is 19.4. The number of alkyl halides is 6. The molecule has 2 fully saturated rings. The number of pyridine rings is 1. The third-order valence-electron chi connectivity index (χ3n) is 8.18. The first-order valence-electron chi connectivity index (χ1n) is 15.9. The Labute approximate surface area is 285 Å². The molecular weight excluding hydrogens is 664 g/mol. The number of carbonyl (C=O) groups excluding carboxylic acids is 2. The zero-order valence-corrected chi connectivity index (χ0v) is 27.4. The molecular formula is C36H35F6N5O3. The van der Waals surface area contributed by atoms with E-state index in [-0.39, 0.29) is 35.6 Å². The molecule has 2 saturated heterocycles. The van der Waals surface area contributed by atoms with Crippen LogP contribution in [0.5, 0.6) is 0 Å². The largest absolute Gasteiger partial charge is 0.433 e. The van der Waals surface area contributed by atoms with E-state index in [4.69, 9.17) is 4.74 Å². The van der Waals surface area contributed by atoms with Gasteiger partial charge in [-0.15, -0.1) is 0 Å². The van der Waals surface area contributed by atoms with Crippen LogP contribution >= 0.6 is 0 Å². The number of likely N-dealkylation sites (tertiary alicyclic amines) is 2. The summed E-state index contributed by atoms with van der Waals surface area (Å²) in [5.74, 6) is 0.319. The van der Waals surface area contributed by atoms with Gasteiger partial charge < -0.3 is 14.5 Å². The molecule has 0 aliphatic carbocycles. The molecule has 2 aromatic heterocycles. The molecule has 0 N–H and O–H groups in total. The number of rotatable bonds is 8. The molecule has 2 aromatic carbocycles. The van der Waals surface area contributed by atoms with Crippen molar-refractivity contribution in [3.8, 4) is 22.6 Å². The molecule has 2 aliphatic heterocycles. The van der Waals surface area contributed by atoms with Crippen molar-refractivity contribution in [1.29, 1.82) is 0 Å². The van der Waals surface area contributed by atoms with Crippen LogP contribution in [-0.4, -0.2) is 56.8 Å². The average Bonchev–Trinajstić information content (AvgIpc) is 3.67. The first kappa shape index (κ1) is 36.4. The Morgan fingerprint density at radius 2 is 1.16 bits per heavy atom. The van der Waals surface area contributed by atoms with Crippen LogP contribution in [0.2, 0.25) is 0 Å². The van der Waals surface area contributed by atoms with Gasteiger partial charge in [0.25, 0.3) is 0 Å². The predicted octanol–water partition coefficient (Wildman–Crippen LogP) is 7.63. The van der Waals surface area contributed by atoms with Crippen molar-refractivity contribution in [2.75, 3.05) is 20.2 Å². The van der Waals surface area contributed by atoms with Gasteiger partial charge in [-0.3, -0.25) is 9.59 Å². The van der Waals surface area contributed by atoms with Crippen molar-refractivity contribution in [3.05, 3.63) is 101 Å². The molecule has 50 heavy (non-hydrogen) atoms. The van der Waals surface area contributed by atoms with Crippen LogP contribution in [0.15, 0.2) is 66.7 Å². The average molecular weight is 700 g/mol. The summed E-state index contributed by atoms with van der Waals surface area (Å²) in [7, 11) is 1.43. The monoisotopic (exact) mass is 699 g/mol. The first-order valence-corrected chi connectivity index (χ1v) is 15.9. The SMILES string of the molecule is COCc1cc(-c2ccc(CN3CCCC3=O)cc2)nc(C(F)(F)F)c1.Cc1cc(C(F)(F)F)nc(-c2ccc(CN3CCCC3=O)cc2)n1. The minimum atomic E-state index is -4.52. The third-order valence-corrected chi connectivity index (χ3v) is 8.18. The lowest BCUT2D eigenvalue weighted by molar-refractivity contribution is -0.142. The molecule has 0 spiro atoms. The fraction of sp³-hybridized carbons (Fsp3) is 0.361. The molecule has 6 rings (SSSR count). The summed E-state index contributed by atoms with van der Waals surface area (Å²) < 4.78 is 82.8. The van der Waals surface area contributed by atoms with Crippen molar-refractivity contribution in [3.63, 3.8) is 0 Å². The number of hydrogen-bond acceptors (Lipinski definition) is 6. The molecule has 2 aliphatic rings. The van der Waals surface area contributed by atoms with E-state index >= 15 is 0 Å². The van der Waals surface area contributed by atoms with Crippen molar-refractivity contribution in [1.82, 2.24) is 24.8 Å². The van der Waals surface area contributed by atoms with E-state index in [0.717, 1.165) is 49.2 Å². The van der Waals surface area contributed by atoms with Gasteiger partial charge in [0.1, 0.15) is 11.4 Å². The number of benzene rings is 2. The lowest BCUT2D eigenvalue weighted by Gasteiger charge is -2.16. The lowest BCUT2D eigenvalue weighted by atomic mass is 10.1. The van der Waals surface area contributed by atoms with E-state index in [1.807, 2.05) is 12.1 Å². The number of methoxy groups -OCH3 is 1. The number of amides is 2. The summed E-state index contributed by atoms with van der Waals surface area (Å²) in [6.45, 7) is 4.11. The second-order valence-corrected chi connectivity index (χ2v) is 12.1. The minimum absolute atomic E-state index is 0.0473. The molecule has 4 aromatic rings. The number of aryl methyl sites for hydroxylation is 1. The van der Waals surface area contributed by atoms with E-state index in [9.17, 15) is 35.9 Å². The molecule has 0 unspecified atom stereocenters. The molecule has 8 nitrogen and oxygen atoms in total. The van der Waals surface area contributed by atoms with Gasteiger partial charge in [-0.25, -0.2) is 15.0 Å². The molecule has 0 saturated carbocycles. The van der Waals surface area contributed by atoms with E-state index in [1.165, 1.54) is 14.0 Å². The molecule has 0 bridgehead atoms. The molecule has 4 heterocycles. The van der Waals surface area contributed by atoms with E-state index in [0.29, 0.717) is 42.6 Å². The Balaban J connectivity index is 0.000000195. The smallest absolute Gasteiger partial charge is 0.380 e. The zero-order chi connectivity index (χ0) is 36.1. The Bertz CT molecular complexity index is 1810. The molecule has 0 atom stereocenters. The van der Waals surface area contributed by atoms with Gasteiger partial charge in [0.15, 0.2) is 5.82 Å². The lowest BCUT2D eigenvalue weighted by Crippen LogP contribution is -2.23. The topological polar surface area (TPSA) is 88.5 Å². The number of aromatic nitrogens is 3. The highest BCUT2D eigenvalue weighted by molar-refractivity contribution is 5.78. The fourth-order valence-electron chi connectivity index (χ4n) is 5.70. The molecule has 0 radical (unpaired) electrons. The summed E-state index contributed by atoms with van der Waals surface area (Å²) >= 11 is 0. The summed E-state index contributed by atoms with van der Waals surface area (Å²) in [6.07, 6.45) is -6.13. The highest BCUT2D eigenvalue weighted by Gasteiger charge is 2.34. The maximum absolute atomic E-state index is 13.1. The van der Waals surface area contributed by atoms with Gasteiger partial charge >= 0.3 is 12.4 Å². The Morgan fingerprint density at radius 3 is 1.62 bits per heavy atom. The second kappa shape index (κ2) is 15.4. The van der Waals surface area contributed by atoms with Crippen LogP contribution in [0.1, 0.15) is 59.5 Å². The summed E-state index contributed by atoms with van der Waals surface area (Å²) in [5, 5.41) is 0. The zero-order valence-electron chi connectivity index (χ0n) is 27.4. The summed E-state index contributed by atoms with van der Waals surface area (Å²) in [4.78, 5) is 38.4. The van der Waals surface area contributed by atoms with Crippen LogP contribution in [-0.2, 0) is 46.4 Å². The Morgan fingerprint density at radius 1 is 0.660 bits per heavy atom. The van der Waals surface area contributed by atoms with E-state index < -0.39 is 23.7 Å². The van der Waals surface area contributed by atoms with Crippen LogP contribution < -0.4 is 0 Å². The second-order valence-electron chi connectivity index (χ2n) is 12.1. The number of carbonyl (C=O) groups is 2. The van der Waals surface area contributed by atoms with Crippen molar-refractivity contribution in [2.24, 2.45) is 0 Å². The third kappa shape index (κ3) is 9.43. The van der Waals surface area contributed by atoms with Crippen LogP contribution in [0, 0.1) is 6.92 Å². The van der Waals surface area contributed by atoms with Crippen molar-refractivity contribution >= 4 is 11.8 Å². The Hall–Kier alpha value is -4.85. The van der Waals surface area contributed by atoms with Crippen LogP contribution in [0.25, 0.3) is 22.6 Å². The molecule has 264 valence electrons. The first-order chi connectivity index (χ1) is 23.7. The highest BCUT2D eigenvalue weighted by Crippen LogP contribution is 2.32. The number of halogens is 6. The van der Waals surface area contributed by atoms with Gasteiger partial charge in [0.05, 0.1) is 12.3 Å². The number of nitrogens with zero attached hydrogens (tertiary/aromatic N) is 5. The van der Waals surface area contributed by atoms with Gasteiger partial charge in [0.2, 0.25) is 11.8 Å². The number of hydrogen-bond donors (Lipinski definition) is 0. The van der Waals surface area contributed by atoms with Crippen molar-refractivity contribution in [2.45, 2.75) is 64.7 Å². The Kier molecular flexibility index (Phi) is 11.2.